The van der Waals surface area contributed by atoms with Gasteiger partial charge in [0, 0.05) is 19.0 Å². The maximum absolute atomic E-state index is 11.8. The number of rotatable bonds is 2. The maximum atomic E-state index is 11.8. The van der Waals surface area contributed by atoms with E-state index in [1.165, 1.54) is 5.56 Å². The maximum Gasteiger partial charge on any atom is 0.311 e. The summed E-state index contributed by atoms with van der Waals surface area (Å²) in [5.41, 5.74) is 1.19. The van der Waals surface area contributed by atoms with E-state index in [-0.39, 0.29) is 12.5 Å². The third kappa shape index (κ3) is 3.10. The van der Waals surface area contributed by atoms with Gasteiger partial charge in [-0.3, -0.25) is 9.59 Å². The zero-order valence-corrected chi connectivity index (χ0v) is 10.5. The molecule has 0 aliphatic carbocycles. The van der Waals surface area contributed by atoms with Crippen molar-refractivity contribution in [1.82, 2.24) is 10.2 Å². The number of carbonyl (C=O) groups excluding carboxylic acids is 2. The van der Waals surface area contributed by atoms with E-state index in [9.17, 15) is 9.59 Å². The molecule has 98 valence electrons. The van der Waals surface area contributed by atoms with Gasteiger partial charge in [-0.25, -0.2) is 0 Å². The molecule has 0 radical (unpaired) electrons. The van der Waals surface area contributed by atoms with E-state index in [0.717, 1.165) is 6.42 Å². The van der Waals surface area contributed by atoms with Gasteiger partial charge in [0.25, 0.3) is 0 Å². The largest absolute Gasteiger partial charge is 0.335 e. The minimum absolute atomic E-state index is 0.138. The van der Waals surface area contributed by atoms with Gasteiger partial charge in [0.2, 0.25) is 0 Å². The Morgan fingerprint density at radius 1 is 1.37 bits per heavy atom. The fraction of sp³-hybridized carbons (Fsp3) is 0.357. The van der Waals surface area contributed by atoms with Crippen molar-refractivity contribution < 1.29 is 9.59 Å². The fourth-order valence-corrected chi connectivity index (χ4v) is 2.28. The van der Waals surface area contributed by atoms with E-state index >= 15 is 0 Å². The minimum Gasteiger partial charge on any atom is -0.335 e. The minimum atomic E-state index is -0.699. The van der Waals surface area contributed by atoms with Gasteiger partial charge >= 0.3 is 11.8 Å². The summed E-state index contributed by atoms with van der Waals surface area (Å²) in [6.45, 7) is 1.00. The van der Waals surface area contributed by atoms with Crippen LogP contribution in [0.25, 0.3) is 0 Å². The molecule has 1 atom stereocenters. The van der Waals surface area contributed by atoms with Crippen molar-refractivity contribution in [3.05, 3.63) is 35.9 Å². The second-order valence-electron chi connectivity index (χ2n) is 4.49. The number of likely N-dealkylation sites (tertiary alicyclic amines) is 1. The summed E-state index contributed by atoms with van der Waals surface area (Å²) >= 11 is 0. The Morgan fingerprint density at radius 3 is 2.79 bits per heavy atom. The van der Waals surface area contributed by atoms with Crippen LogP contribution in [0.4, 0.5) is 0 Å². The van der Waals surface area contributed by atoms with E-state index in [1.807, 2.05) is 30.3 Å². The Bertz CT molecular complexity index is 507. The number of hydrogen-bond donors (Lipinski definition) is 1. The molecule has 1 aliphatic heterocycles. The van der Waals surface area contributed by atoms with E-state index in [0.29, 0.717) is 13.1 Å². The summed E-state index contributed by atoms with van der Waals surface area (Å²) in [5, 5.41) is 10.6. The number of nitriles is 1. The molecule has 1 fully saturated rings. The number of amides is 2. The van der Waals surface area contributed by atoms with Gasteiger partial charge in [-0.15, -0.1) is 0 Å². The Labute approximate surface area is 111 Å². The molecule has 1 saturated heterocycles. The predicted octanol–water partition coefficient (Wildman–Crippen LogP) is 0.642. The van der Waals surface area contributed by atoms with Crippen molar-refractivity contribution in [2.75, 3.05) is 19.6 Å². The molecule has 5 nitrogen and oxygen atoms in total. The van der Waals surface area contributed by atoms with Crippen molar-refractivity contribution in [3.63, 3.8) is 0 Å². The smallest absolute Gasteiger partial charge is 0.311 e. The first kappa shape index (κ1) is 13.1. The van der Waals surface area contributed by atoms with Crippen LogP contribution >= 0.6 is 0 Å². The summed E-state index contributed by atoms with van der Waals surface area (Å²) in [6, 6.07) is 11.7. The zero-order valence-electron chi connectivity index (χ0n) is 10.5. The zero-order chi connectivity index (χ0) is 13.7. The Balaban J connectivity index is 1.93. The lowest BCUT2D eigenvalue weighted by atomic mass is 9.99. The van der Waals surface area contributed by atoms with Crippen LogP contribution in [0.2, 0.25) is 0 Å². The van der Waals surface area contributed by atoms with Crippen LogP contribution < -0.4 is 5.32 Å². The normalized spacial score (nSPS) is 17.8. The van der Waals surface area contributed by atoms with Gasteiger partial charge in [0.1, 0.15) is 6.54 Å². The standard InChI is InChI=1S/C14H15N3O2/c15-7-8-16-13(18)14(19)17-9-6-12(10-17)11-4-2-1-3-5-11/h1-5,12H,6,8-10H2,(H,16,18). The Kier molecular flexibility index (Phi) is 4.14. The van der Waals surface area contributed by atoms with Crippen LogP contribution in [0.15, 0.2) is 30.3 Å². The van der Waals surface area contributed by atoms with Crippen LogP contribution in [0.1, 0.15) is 17.9 Å². The third-order valence-electron chi connectivity index (χ3n) is 3.27. The van der Waals surface area contributed by atoms with E-state index in [1.54, 1.807) is 11.0 Å². The summed E-state index contributed by atoms with van der Waals surface area (Å²) in [4.78, 5) is 24.9. The Hall–Kier alpha value is -2.35. The SMILES string of the molecule is N#CCNC(=O)C(=O)N1CCC(c2ccccc2)C1. The van der Waals surface area contributed by atoms with E-state index < -0.39 is 11.8 Å². The number of hydrogen-bond acceptors (Lipinski definition) is 3. The highest BCUT2D eigenvalue weighted by atomic mass is 16.2. The molecule has 0 aromatic heterocycles. The van der Waals surface area contributed by atoms with E-state index in [4.69, 9.17) is 5.26 Å². The molecule has 1 aromatic carbocycles. The second kappa shape index (κ2) is 6.01. The number of benzene rings is 1. The Morgan fingerprint density at radius 2 is 2.11 bits per heavy atom. The highest BCUT2D eigenvalue weighted by molar-refractivity contribution is 6.35. The van der Waals surface area contributed by atoms with Crippen LogP contribution in [-0.4, -0.2) is 36.3 Å². The first-order chi connectivity index (χ1) is 9.22. The van der Waals surface area contributed by atoms with Gasteiger partial charge in [0.15, 0.2) is 0 Å². The lowest BCUT2D eigenvalue weighted by Crippen LogP contribution is -2.41. The lowest BCUT2D eigenvalue weighted by molar-refractivity contribution is -0.145. The van der Waals surface area contributed by atoms with Gasteiger partial charge < -0.3 is 10.2 Å². The average Bonchev–Trinajstić information content (AvgIpc) is 2.94. The van der Waals surface area contributed by atoms with Crippen molar-refractivity contribution in [1.29, 1.82) is 5.26 Å². The molecule has 1 aliphatic rings. The van der Waals surface area contributed by atoms with Gasteiger partial charge in [-0.2, -0.15) is 5.26 Å². The second-order valence-corrected chi connectivity index (χ2v) is 4.49. The number of nitrogens with one attached hydrogen (secondary N) is 1. The molecule has 1 unspecified atom stereocenters. The molecule has 19 heavy (non-hydrogen) atoms. The summed E-state index contributed by atoms with van der Waals surface area (Å²) in [5.74, 6) is -0.960. The molecule has 0 spiro atoms. The number of nitrogens with zero attached hydrogens (tertiary/aromatic N) is 2. The summed E-state index contributed by atoms with van der Waals surface area (Å²) in [7, 11) is 0. The highest BCUT2D eigenvalue weighted by Gasteiger charge is 2.30. The van der Waals surface area contributed by atoms with Gasteiger partial charge in [-0.05, 0) is 12.0 Å². The van der Waals surface area contributed by atoms with E-state index in [2.05, 4.69) is 5.32 Å². The van der Waals surface area contributed by atoms with Crippen LogP contribution in [-0.2, 0) is 9.59 Å². The topological polar surface area (TPSA) is 73.2 Å². The molecule has 2 amide bonds. The highest BCUT2D eigenvalue weighted by Crippen LogP contribution is 2.26. The van der Waals surface area contributed by atoms with Crippen molar-refractivity contribution in [3.8, 4) is 6.07 Å². The van der Waals surface area contributed by atoms with Crippen molar-refractivity contribution in [2.45, 2.75) is 12.3 Å². The molecule has 1 aromatic rings. The third-order valence-corrected chi connectivity index (χ3v) is 3.27. The van der Waals surface area contributed by atoms with Crippen LogP contribution in [0, 0.1) is 11.3 Å². The summed E-state index contributed by atoms with van der Waals surface area (Å²) in [6.07, 6.45) is 0.862. The number of carbonyl (C=O) groups is 2. The molecule has 1 heterocycles. The molecule has 1 N–H and O–H groups in total. The lowest BCUT2D eigenvalue weighted by Gasteiger charge is -2.15. The predicted molar refractivity (Wildman–Crippen MR) is 69.0 cm³/mol. The molecule has 5 heteroatoms. The summed E-state index contributed by atoms with van der Waals surface area (Å²) < 4.78 is 0. The monoisotopic (exact) mass is 257 g/mol. The molecule has 0 saturated carbocycles. The average molecular weight is 257 g/mol. The van der Waals surface area contributed by atoms with Crippen LogP contribution in [0.3, 0.4) is 0 Å². The molecular weight excluding hydrogens is 242 g/mol. The fourth-order valence-electron chi connectivity index (χ4n) is 2.28. The van der Waals surface area contributed by atoms with Gasteiger partial charge in [0.05, 0.1) is 6.07 Å². The van der Waals surface area contributed by atoms with Crippen molar-refractivity contribution in [2.24, 2.45) is 0 Å². The quantitative estimate of drug-likeness (QED) is 0.624. The van der Waals surface area contributed by atoms with Crippen LogP contribution in [0.5, 0.6) is 0 Å². The molecular formula is C14H15N3O2. The first-order valence-corrected chi connectivity index (χ1v) is 6.21. The van der Waals surface area contributed by atoms with Crippen molar-refractivity contribution >= 4 is 11.8 Å². The first-order valence-electron chi connectivity index (χ1n) is 6.21. The molecule has 0 bridgehead atoms. The molecule has 2 rings (SSSR count). The van der Waals surface area contributed by atoms with Gasteiger partial charge in [-0.1, -0.05) is 30.3 Å².